The number of nitrogens with one attached hydrogen (secondary N) is 1. The molecule has 5 heteroatoms. The monoisotopic (exact) mass is 293 g/mol. The number of aliphatic carboxylic acids is 1. The molecule has 2 N–H and O–H groups in total. The third-order valence-electron chi connectivity index (χ3n) is 3.81. The first-order valence-electron chi connectivity index (χ1n) is 6.73. The minimum Gasteiger partial charge on any atom is -0.480 e. The molecule has 1 aromatic rings. The van der Waals surface area contributed by atoms with Crippen LogP contribution < -0.4 is 5.32 Å². The van der Waals surface area contributed by atoms with Crippen molar-refractivity contribution in [1.82, 2.24) is 5.32 Å². The first-order chi connectivity index (χ1) is 9.48. The summed E-state index contributed by atoms with van der Waals surface area (Å²) in [6.07, 6.45) is 1.31. The highest BCUT2D eigenvalue weighted by Crippen LogP contribution is 2.37. The number of carbonyl (C=O) groups excluding carboxylic acids is 1. The van der Waals surface area contributed by atoms with E-state index in [1.165, 1.54) is 5.56 Å². The van der Waals surface area contributed by atoms with E-state index >= 15 is 0 Å². The fourth-order valence-corrected chi connectivity index (χ4v) is 3.43. The lowest BCUT2D eigenvalue weighted by molar-refractivity contribution is -0.146. The van der Waals surface area contributed by atoms with E-state index < -0.39 is 11.5 Å². The Morgan fingerprint density at radius 3 is 2.80 bits per heavy atom. The molecule has 1 aliphatic heterocycles. The van der Waals surface area contributed by atoms with Gasteiger partial charge in [-0.3, -0.25) is 4.79 Å². The van der Waals surface area contributed by atoms with Crippen molar-refractivity contribution in [3.8, 4) is 0 Å². The van der Waals surface area contributed by atoms with E-state index in [0.29, 0.717) is 6.42 Å². The van der Waals surface area contributed by atoms with Gasteiger partial charge >= 0.3 is 5.97 Å². The molecule has 1 heterocycles. The van der Waals surface area contributed by atoms with Crippen molar-refractivity contribution in [3.05, 3.63) is 35.4 Å². The number of benzene rings is 1. The summed E-state index contributed by atoms with van der Waals surface area (Å²) in [5, 5.41) is 11.6. The standard InChI is InChI=1S/C15H19NO3S/c1-3-15(2,14(18)19)16-13(17)12-11-7-5-4-6-10(11)8-9-20-12/h4-7,12H,3,8-9H2,1-2H3,(H,16,17)(H,18,19). The molecule has 0 bridgehead atoms. The maximum absolute atomic E-state index is 12.4. The fraction of sp³-hybridized carbons (Fsp3) is 0.467. The molecule has 0 radical (unpaired) electrons. The SMILES string of the molecule is CCC(C)(NC(=O)C1SCCc2ccccc21)C(=O)O. The number of hydrogen-bond donors (Lipinski definition) is 2. The van der Waals surface area contributed by atoms with Crippen LogP contribution in [0.5, 0.6) is 0 Å². The number of thioether (sulfide) groups is 1. The third-order valence-corrected chi connectivity index (χ3v) is 5.05. The number of hydrogen-bond acceptors (Lipinski definition) is 3. The number of carboxylic acid groups (broad SMARTS) is 1. The molecule has 20 heavy (non-hydrogen) atoms. The number of amides is 1. The fourth-order valence-electron chi connectivity index (χ4n) is 2.24. The quantitative estimate of drug-likeness (QED) is 0.894. The Morgan fingerprint density at radius 1 is 1.45 bits per heavy atom. The van der Waals surface area contributed by atoms with Crippen molar-refractivity contribution in [2.75, 3.05) is 5.75 Å². The second kappa shape index (κ2) is 5.87. The summed E-state index contributed by atoms with van der Waals surface area (Å²) in [5.74, 6) is -0.332. The Labute approximate surface area is 123 Å². The van der Waals surface area contributed by atoms with E-state index in [2.05, 4.69) is 5.32 Å². The zero-order valence-corrected chi connectivity index (χ0v) is 12.5. The van der Waals surface area contributed by atoms with Gasteiger partial charge in [0.25, 0.3) is 0 Å². The van der Waals surface area contributed by atoms with Gasteiger partial charge in [-0.15, -0.1) is 11.8 Å². The summed E-state index contributed by atoms with van der Waals surface area (Å²) in [4.78, 5) is 23.7. The second-order valence-electron chi connectivity index (χ2n) is 5.18. The van der Waals surface area contributed by atoms with Crippen molar-refractivity contribution < 1.29 is 14.7 Å². The molecule has 4 nitrogen and oxygen atoms in total. The van der Waals surface area contributed by atoms with Crippen LogP contribution in [0.2, 0.25) is 0 Å². The van der Waals surface area contributed by atoms with E-state index in [9.17, 15) is 14.7 Å². The summed E-state index contributed by atoms with van der Waals surface area (Å²) >= 11 is 1.57. The second-order valence-corrected chi connectivity index (χ2v) is 6.39. The van der Waals surface area contributed by atoms with Gasteiger partial charge in [0, 0.05) is 0 Å². The molecule has 1 aromatic carbocycles. The van der Waals surface area contributed by atoms with Gasteiger partial charge in [0.1, 0.15) is 10.8 Å². The molecule has 0 aliphatic carbocycles. The van der Waals surface area contributed by atoms with Crippen LogP contribution in [-0.4, -0.2) is 28.3 Å². The van der Waals surface area contributed by atoms with Crippen LogP contribution in [0.15, 0.2) is 24.3 Å². The van der Waals surface area contributed by atoms with Crippen LogP contribution in [0.4, 0.5) is 0 Å². The van der Waals surface area contributed by atoms with Gasteiger partial charge in [-0.2, -0.15) is 0 Å². The van der Waals surface area contributed by atoms with Gasteiger partial charge in [-0.1, -0.05) is 31.2 Å². The van der Waals surface area contributed by atoms with Crippen LogP contribution in [-0.2, 0) is 16.0 Å². The van der Waals surface area contributed by atoms with Crippen LogP contribution in [0, 0.1) is 0 Å². The summed E-state index contributed by atoms with van der Waals surface area (Å²) in [6, 6.07) is 7.87. The van der Waals surface area contributed by atoms with E-state index in [4.69, 9.17) is 0 Å². The third kappa shape index (κ3) is 2.82. The van der Waals surface area contributed by atoms with E-state index in [1.54, 1.807) is 25.6 Å². The first kappa shape index (κ1) is 14.9. The van der Waals surface area contributed by atoms with E-state index in [-0.39, 0.29) is 11.2 Å². The van der Waals surface area contributed by atoms with Crippen molar-refractivity contribution >= 4 is 23.6 Å². The topological polar surface area (TPSA) is 66.4 Å². The van der Waals surface area contributed by atoms with Crippen molar-refractivity contribution in [3.63, 3.8) is 0 Å². The minimum atomic E-state index is -1.20. The lowest BCUT2D eigenvalue weighted by atomic mass is 9.97. The highest BCUT2D eigenvalue weighted by Gasteiger charge is 2.36. The molecule has 0 fully saturated rings. The summed E-state index contributed by atoms with van der Waals surface area (Å²) in [7, 11) is 0. The minimum absolute atomic E-state index is 0.214. The number of aryl methyl sites for hydroxylation is 1. The molecule has 2 unspecified atom stereocenters. The van der Waals surface area contributed by atoms with Crippen molar-refractivity contribution in [2.24, 2.45) is 0 Å². The smallest absolute Gasteiger partial charge is 0.329 e. The molecule has 0 aromatic heterocycles. The number of carboxylic acids is 1. The molecule has 1 amide bonds. The maximum atomic E-state index is 12.4. The van der Waals surface area contributed by atoms with Crippen LogP contribution >= 0.6 is 11.8 Å². The highest BCUT2D eigenvalue weighted by atomic mass is 32.2. The lowest BCUT2D eigenvalue weighted by Crippen LogP contribution is -2.53. The predicted octanol–water partition coefficient (Wildman–Crippen LogP) is 2.39. The highest BCUT2D eigenvalue weighted by molar-refractivity contribution is 8.00. The molecule has 1 aliphatic rings. The Morgan fingerprint density at radius 2 is 2.15 bits per heavy atom. The zero-order valence-electron chi connectivity index (χ0n) is 11.7. The molecular formula is C15H19NO3S. The Kier molecular flexibility index (Phi) is 4.38. The van der Waals surface area contributed by atoms with Gasteiger partial charge in [0.2, 0.25) is 5.91 Å². The number of rotatable bonds is 4. The molecular weight excluding hydrogens is 274 g/mol. The molecule has 2 atom stereocenters. The zero-order chi connectivity index (χ0) is 14.8. The van der Waals surface area contributed by atoms with Gasteiger partial charge < -0.3 is 10.4 Å². The molecule has 108 valence electrons. The van der Waals surface area contributed by atoms with Crippen molar-refractivity contribution in [1.29, 1.82) is 0 Å². The number of fused-ring (bicyclic) bond motifs is 1. The maximum Gasteiger partial charge on any atom is 0.329 e. The largest absolute Gasteiger partial charge is 0.480 e. The van der Waals surface area contributed by atoms with E-state index in [1.807, 2.05) is 24.3 Å². The van der Waals surface area contributed by atoms with Gasteiger partial charge in [-0.05, 0) is 36.6 Å². The first-order valence-corrected chi connectivity index (χ1v) is 7.77. The van der Waals surface area contributed by atoms with E-state index in [0.717, 1.165) is 17.7 Å². The lowest BCUT2D eigenvalue weighted by Gasteiger charge is -2.30. The van der Waals surface area contributed by atoms with Crippen LogP contribution in [0.25, 0.3) is 0 Å². The average molecular weight is 293 g/mol. The van der Waals surface area contributed by atoms with Gasteiger partial charge in [0.15, 0.2) is 0 Å². The van der Waals surface area contributed by atoms with Gasteiger partial charge in [0.05, 0.1) is 0 Å². The normalized spacial score (nSPS) is 20.6. The molecule has 2 rings (SSSR count). The summed E-state index contributed by atoms with van der Waals surface area (Å²) < 4.78 is 0. The Bertz CT molecular complexity index is 532. The summed E-state index contributed by atoms with van der Waals surface area (Å²) in [5.41, 5.74) is 0.981. The van der Waals surface area contributed by atoms with Crippen LogP contribution in [0.3, 0.4) is 0 Å². The Hall–Kier alpha value is -1.49. The molecule has 0 spiro atoms. The van der Waals surface area contributed by atoms with Gasteiger partial charge in [-0.25, -0.2) is 4.79 Å². The molecule has 0 saturated heterocycles. The molecule has 0 saturated carbocycles. The Balaban J connectivity index is 2.21. The van der Waals surface area contributed by atoms with Crippen molar-refractivity contribution in [2.45, 2.75) is 37.5 Å². The van der Waals surface area contributed by atoms with Crippen LogP contribution in [0.1, 0.15) is 36.6 Å². The predicted molar refractivity (Wildman–Crippen MR) is 79.8 cm³/mol. The average Bonchev–Trinajstić information content (AvgIpc) is 2.46. The summed E-state index contributed by atoms with van der Waals surface area (Å²) in [6.45, 7) is 3.31. The number of carbonyl (C=O) groups is 2.